The highest BCUT2D eigenvalue weighted by atomic mass is 32.2. The van der Waals surface area contributed by atoms with Crippen molar-refractivity contribution in [2.75, 3.05) is 18.1 Å². The van der Waals surface area contributed by atoms with Gasteiger partial charge in [0.1, 0.15) is 5.82 Å². The molecule has 2 nitrogen and oxygen atoms in total. The molecule has 1 fully saturated rings. The Morgan fingerprint density at radius 2 is 2.27 bits per heavy atom. The number of hydrogen-bond acceptors (Lipinski definition) is 3. The Morgan fingerprint density at radius 3 is 3.00 bits per heavy atom. The number of anilines is 1. The molecule has 0 atom stereocenters. The van der Waals surface area contributed by atoms with E-state index in [0.29, 0.717) is 0 Å². The molecule has 0 spiro atoms. The molecule has 2 rings (SSSR count). The van der Waals surface area contributed by atoms with Crippen molar-refractivity contribution in [1.29, 1.82) is 0 Å². The van der Waals surface area contributed by atoms with Crippen molar-refractivity contribution < 1.29 is 0 Å². The second-order valence-corrected chi connectivity index (χ2v) is 5.18. The van der Waals surface area contributed by atoms with E-state index in [-0.39, 0.29) is 0 Å². The molecule has 0 unspecified atom stereocenters. The van der Waals surface area contributed by atoms with Gasteiger partial charge in [-0.3, -0.25) is 0 Å². The van der Waals surface area contributed by atoms with Crippen LogP contribution in [-0.4, -0.2) is 17.8 Å². The van der Waals surface area contributed by atoms with Gasteiger partial charge in [0.05, 0.1) is 0 Å². The lowest BCUT2D eigenvalue weighted by molar-refractivity contribution is 0.623. The normalized spacial score (nSPS) is 16.9. The van der Waals surface area contributed by atoms with Crippen molar-refractivity contribution in [3.63, 3.8) is 0 Å². The molecule has 0 radical (unpaired) electrons. The first-order valence-electron chi connectivity index (χ1n) is 5.65. The van der Waals surface area contributed by atoms with E-state index in [9.17, 15) is 0 Å². The van der Waals surface area contributed by atoms with Gasteiger partial charge in [0.25, 0.3) is 0 Å². The summed E-state index contributed by atoms with van der Waals surface area (Å²) in [6.45, 7) is 0. The first kappa shape index (κ1) is 10.8. The fourth-order valence-electron chi connectivity index (χ4n) is 2.03. The summed E-state index contributed by atoms with van der Waals surface area (Å²) in [5.41, 5.74) is 0. The average Bonchev–Trinajstić information content (AvgIpc) is 2.79. The van der Waals surface area contributed by atoms with E-state index < -0.39 is 0 Å². The van der Waals surface area contributed by atoms with Crippen LogP contribution in [0.4, 0.5) is 5.82 Å². The molecule has 1 aromatic heterocycles. The molecule has 1 heterocycles. The first-order chi connectivity index (χ1) is 7.38. The van der Waals surface area contributed by atoms with E-state index in [0.717, 1.165) is 11.7 Å². The zero-order chi connectivity index (χ0) is 10.5. The summed E-state index contributed by atoms with van der Waals surface area (Å²) in [5, 5.41) is 3.07. The Kier molecular flexibility index (Phi) is 3.89. The van der Waals surface area contributed by atoms with Crippen molar-refractivity contribution in [3.8, 4) is 0 Å². The van der Waals surface area contributed by atoms with Crippen molar-refractivity contribution in [1.82, 2.24) is 4.98 Å². The summed E-state index contributed by atoms with van der Waals surface area (Å²) in [5.74, 6) is 3.18. The van der Waals surface area contributed by atoms with E-state index >= 15 is 0 Å². The van der Waals surface area contributed by atoms with Gasteiger partial charge in [-0.2, -0.15) is 0 Å². The third-order valence-electron chi connectivity index (χ3n) is 2.95. The highest BCUT2D eigenvalue weighted by Crippen LogP contribution is 2.31. The Labute approximate surface area is 95.9 Å². The standard InChI is InChI=1S/C12H18N2S/c1-13-12-8-11(6-7-14-12)15-9-10-4-2-3-5-10/h6-8,10H,2-5,9H2,1H3,(H,13,14). The zero-order valence-electron chi connectivity index (χ0n) is 9.20. The van der Waals surface area contributed by atoms with Crippen molar-refractivity contribution in [2.45, 2.75) is 30.6 Å². The van der Waals surface area contributed by atoms with Crippen LogP contribution in [0.2, 0.25) is 0 Å². The SMILES string of the molecule is CNc1cc(SCC2CCCC2)ccn1. The maximum Gasteiger partial charge on any atom is 0.126 e. The minimum atomic E-state index is 0.946. The van der Waals surface area contributed by atoms with Crippen molar-refractivity contribution in [3.05, 3.63) is 18.3 Å². The highest BCUT2D eigenvalue weighted by Gasteiger charge is 2.14. The number of nitrogens with one attached hydrogen (secondary N) is 1. The van der Waals surface area contributed by atoms with E-state index in [2.05, 4.69) is 22.4 Å². The second kappa shape index (κ2) is 5.40. The minimum Gasteiger partial charge on any atom is -0.373 e. The third-order valence-corrected chi connectivity index (χ3v) is 4.17. The van der Waals surface area contributed by atoms with Crippen LogP contribution in [0.3, 0.4) is 0 Å². The van der Waals surface area contributed by atoms with E-state index in [1.165, 1.54) is 36.3 Å². The molecule has 1 N–H and O–H groups in total. The second-order valence-electron chi connectivity index (χ2n) is 4.09. The lowest BCUT2D eigenvalue weighted by Gasteiger charge is -2.08. The molecule has 0 aromatic carbocycles. The highest BCUT2D eigenvalue weighted by molar-refractivity contribution is 7.99. The van der Waals surface area contributed by atoms with Crippen LogP contribution in [0.25, 0.3) is 0 Å². The summed E-state index contributed by atoms with van der Waals surface area (Å²) in [6, 6.07) is 4.22. The van der Waals surface area contributed by atoms with Crippen molar-refractivity contribution in [2.24, 2.45) is 5.92 Å². The Hall–Kier alpha value is -0.700. The molecule has 0 aliphatic heterocycles. The first-order valence-corrected chi connectivity index (χ1v) is 6.63. The van der Waals surface area contributed by atoms with Crippen LogP contribution in [0.15, 0.2) is 23.2 Å². The van der Waals surface area contributed by atoms with Gasteiger partial charge >= 0.3 is 0 Å². The number of nitrogens with zero attached hydrogens (tertiary/aromatic N) is 1. The minimum absolute atomic E-state index is 0.946. The van der Waals surface area contributed by atoms with Crippen LogP contribution in [0.1, 0.15) is 25.7 Å². The molecule has 1 saturated carbocycles. The van der Waals surface area contributed by atoms with Gasteiger partial charge in [0.15, 0.2) is 0 Å². The third kappa shape index (κ3) is 3.13. The van der Waals surface area contributed by atoms with Crippen LogP contribution in [-0.2, 0) is 0 Å². The van der Waals surface area contributed by atoms with Crippen LogP contribution < -0.4 is 5.32 Å². The largest absolute Gasteiger partial charge is 0.373 e. The molecule has 1 aliphatic rings. The van der Waals surface area contributed by atoms with Crippen molar-refractivity contribution >= 4 is 17.6 Å². The molecule has 3 heteroatoms. The Bertz CT molecular complexity index is 308. The molecule has 82 valence electrons. The van der Waals surface area contributed by atoms with Gasteiger partial charge in [-0.1, -0.05) is 12.8 Å². The molecular formula is C12H18N2S. The lowest BCUT2D eigenvalue weighted by atomic mass is 10.1. The number of aromatic nitrogens is 1. The summed E-state index contributed by atoms with van der Waals surface area (Å²) in [6.07, 6.45) is 7.60. The van der Waals surface area contributed by atoms with Crippen LogP contribution in [0, 0.1) is 5.92 Å². The predicted molar refractivity (Wildman–Crippen MR) is 66.5 cm³/mol. The van der Waals surface area contributed by atoms with Gasteiger partial charge in [0.2, 0.25) is 0 Å². The smallest absolute Gasteiger partial charge is 0.126 e. The number of thioether (sulfide) groups is 1. The van der Waals surface area contributed by atoms with Gasteiger partial charge in [-0.25, -0.2) is 4.98 Å². The fraction of sp³-hybridized carbons (Fsp3) is 0.583. The molecule has 15 heavy (non-hydrogen) atoms. The lowest BCUT2D eigenvalue weighted by Crippen LogP contribution is -1.97. The summed E-state index contributed by atoms with van der Waals surface area (Å²) in [7, 11) is 1.91. The monoisotopic (exact) mass is 222 g/mol. The summed E-state index contributed by atoms with van der Waals surface area (Å²) < 4.78 is 0. The predicted octanol–water partition coefficient (Wildman–Crippen LogP) is 3.41. The van der Waals surface area contributed by atoms with Gasteiger partial charge < -0.3 is 5.32 Å². The molecule has 0 saturated heterocycles. The quantitative estimate of drug-likeness (QED) is 0.790. The molecule has 0 amide bonds. The molecule has 0 bridgehead atoms. The maximum absolute atomic E-state index is 4.21. The topological polar surface area (TPSA) is 24.9 Å². The zero-order valence-corrected chi connectivity index (χ0v) is 10.0. The number of rotatable bonds is 4. The number of pyridine rings is 1. The van der Waals surface area contributed by atoms with Crippen LogP contribution in [0.5, 0.6) is 0 Å². The fourth-order valence-corrected chi connectivity index (χ4v) is 3.14. The van der Waals surface area contributed by atoms with E-state index in [4.69, 9.17) is 0 Å². The molecule has 1 aromatic rings. The van der Waals surface area contributed by atoms with Gasteiger partial charge in [0, 0.05) is 23.9 Å². The average molecular weight is 222 g/mol. The van der Waals surface area contributed by atoms with E-state index in [1.54, 1.807) is 0 Å². The van der Waals surface area contributed by atoms with E-state index in [1.807, 2.05) is 25.0 Å². The summed E-state index contributed by atoms with van der Waals surface area (Å²) >= 11 is 1.97. The van der Waals surface area contributed by atoms with Gasteiger partial charge in [-0.15, -0.1) is 11.8 Å². The molecule has 1 aliphatic carbocycles. The summed E-state index contributed by atoms with van der Waals surface area (Å²) in [4.78, 5) is 5.55. The molecular weight excluding hydrogens is 204 g/mol. The van der Waals surface area contributed by atoms with Gasteiger partial charge in [-0.05, 0) is 30.9 Å². The Balaban J connectivity index is 1.86. The number of hydrogen-bond donors (Lipinski definition) is 1. The Morgan fingerprint density at radius 1 is 1.47 bits per heavy atom. The van der Waals surface area contributed by atoms with Crippen LogP contribution >= 0.6 is 11.8 Å². The maximum atomic E-state index is 4.21.